The average Bonchev–Trinajstić information content (AvgIpc) is 2.39. The van der Waals surface area contributed by atoms with Crippen molar-refractivity contribution in [2.45, 2.75) is 31.8 Å². The number of carboxylic acid groups (broad SMARTS) is 1. The monoisotopic (exact) mass is 288 g/mol. The summed E-state index contributed by atoms with van der Waals surface area (Å²) in [4.78, 5) is 25.7. The van der Waals surface area contributed by atoms with E-state index in [2.05, 4.69) is 0 Å². The summed E-state index contributed by atoms with van der Waals surface area (Å²) in [5, 5.41) is 19.1. The standard InChI is InChI=1S/C13H24N2O5/c1-3-15(7-4-11(16)17)12(18)14(2)10-13(19)5-8-20-9-6-13/h19H,3-10H2,1-2H3,(H,16,17). The van der Waals surface area contributed by atoms with Gasteiger partial charge in [0.15, 0.2) is 0 Å². The van der Waals surface area contributed by atoms with Crippen molar-refractivity contribution in [1.29, 1.82) is 0 Å². The van der Waals surface area contributed by atoms with Crippen LogP contribution in [0.25, 0.3) is 0 Å². The van der Waals surface area contributed by atoms with E-state index in [1.165, 1.54) is 9.80 Å². The smallest absolute Gasteiger partial charge is 0.319 e. The molecule has 7 nitrogen and oxygen atoms in total. The highest BCUT2D eigenvalue weighted by molar-refractivity contribution is 5.75. The molecule has 0 saturated carbocycles. The van der Waals surface area contributed by atoms with Crippen LogP contribution in [0.4, 0.5) is 4.79 Å². The van der Waals surface area contributed by atoms with Crippen molar-refractivity contribution in [3.8, 4) is 0 Å². The van der Waals surface area contributed by atoms with E-state index in [1.54, 1.807) is 14.0 Å². The molecule has 0 radical (unpaired) electrons. The van der Waals surface area contributed by atoms with E-state index >= 15 is 0 Å². The van der Waals surface area contributed by atoms with Gasteiger partial charge >= 0.3 is 12.0 Å². The van der Waals surface area contributed by atoms with Crippen molar-refractivity contribution in [2.24, 2.45) is 0 Å². The number of aliphatic carboxylic acids is 1. The highest BCUT2D eigenvalue weighted by Crippen LogP contribution is 2.21. The number of amides is 2. The zero-order chi connectivity index (χ0) is 15.2. The molecule has 0 spiro atoms. The number of carbonyl (C=O) groups excluding carboxylic acids is 1. The number of carboxylic acids is 1. The SMILES string of the molecule is CCN(CCC(=O)O)C(=O)N(C)CC1(O)CCOCC1. The maximum absolute atomic E-state index is 12.2. The maximum Gasteiger partial charge on any atom is 0.319 e. The predicted molar refractivity (Wildman–Crippen MR) is 72.5 cm³/mol. The molecule has 1 fully saturated rings. The first-order valence-corrected chi connectivity index (χ1v) is 6.90. The fourth-order valence-corrected chi connectivity index (χ4v) is 2.28. The Balaban J connectivity index is 2.53. The van der Waals surface area contributed by atoms with Crippen molar-refractivity contribution in [2.75, 3.05) is 39.9 Å². The van der Waals surface area contributed by atoms with E-state index in [0.29, 0.717) is 32.6 Å². The molecule has 0 unspecified atom stereocenters. The molecule has 0 bridgehead atoms. The summed E-state index contributed by atoms with van der Waals surface area (Å²) in [5.74, 6) is -0.929. The van der Waals surface area contributed by atoms with Crippen LogP contribution in [0.1, 0.15) is 26.2 Å². The summed E-state index contributed by atoms with van der Waals surface area (Å²) in [7, 11) is 1.62. The van der Waals surface area contributed by atoms with E-state index in [0.717, 1.165) is 0 Å². The third-order valence-electron chi connectivity index (χ3n) is 3.53. The fourth-order valence-electron chi connectivity index (χ4n) is 2.28. The molecule has 0 aliphatic carbocycles. The van der Waals surface area contributed by atoms with Crippen LogP contribution >= 0.6 is 0 Å². The van der Waals surface area contributed by atoms with Gasteiger partial charge in [0.05, 0.1) is 18.6 Å². The molecule has 1 saturated heterocycles. The Bertz CT molecular complexity index is 342. The van der Waals surface area contributed by atoms with Crippen LogP contribution in [-0.4, -0.2) is 77.5 Å². The molecule has 0 aromatic heterocycles. The second kappa shape index (κ2) is 7.44. The van der Waals surface area contributed by atoms with Crippen molar-refractivity contribution < 1.29 is 24.5 Å². The number of nitrogens with zero attached hydrogens (tertiary/aromatic N) is 2. The van der Waals surface area contributed by atoms with Gasteiger partial charge in [-0.15, -0.1) is 0 Å². The minimum absolute atomic E-state index is 0.0778. The fraction of sp³-hybridized carbons (Fsp3) is 0.846. The Morgan fingerprint density at radius 3 is 2.40 bits per heavy atom. The Morgan fingerprint density at radius 2 is 1.90 bits per heavy atom. The number of ether oxygens (including phenoxy) is 1. The normalized spacial score (nSPS) is 17.6. The largest absolute Gasteiger partial charge is 0.481 e. The highest BCUT2D eigenvalue weighted by atomic mass is 16.5. The summed E-state index contributed by atoms with van der Waals surface area (Å²) >= 11 is 0. The van der Waals surface area contributed by atoms with Gasteiger partial charge in [-0.3, -0.25) is 4.79 Å². The Kier molecular flexibility index (Phi) is 6.22. The third-order valence-corrected chi connectivity index (χ3v) is 3.53. The van der Waals surface area contributed by atoms with Crippen molar-refractivity contribution in [1.82, 2.24) is 9.80 Å². The molecule has 20 heavy (non-hydrogen) atoms. The third kappa shape index (κ3) is 4.97. The highest BCUT2D eigenvalue weighted by Gasteiger charge is 2.33. The molecule has 0 aromatic rings. The van der Waals surface area contributed by atoms with Crippen LogP contribution in [0.15, 0.2) is 0 Å². The number of likely N-dealkylation sites (N-methyl/N-ethyl adjacent to an activating group) is 1. The zero-order valence-corrected chi connectivity index (χ0v) is 12.2. The first kappa shape index (κ1) is 16.7. The quantitative estimate of drug-likeness (QED) is 0.737. The summed E-state index contributed by atoms with van der Waals surface area (Å²) in [6.07, 6.45) is 0.934. The molecule has 0 atom stereocenters. The molecule has 116 valence electrons. The summed E-state index contributed by atoms with van der Waals surface area (Å²) in [6, 6.07) is -0.256. The molecular weight excluding hydrogens is 264 g/mol. The maximum atomic E-state index is 12.2. The summed E-state index contributed by atoms with van der Waals surface area (Å²) in [5.41, 5.74) is -0.908. The van der Waals surface area contributed by atoms with Gasteiger partial charge in [0.1, 0.15) is 0 Å². The second-order valence-electron chi connectivity index (χ2n) is 5.20. The lowest BCUT2D eigenvalue weighted by atomic mass is 9.94. The van der Waals surface area contributed by atoms with Gasteiger partial charge in [-0.1, -0.05) is 0 Å². The van der Waals surface area contributed by atoms with Crippen LogP contribution in [0.5, 0.6) is 0 Å². The molecule has 1 aliphatic heterocycles. The van der Waals surface area contributed by atoms with Crippen LogP contribution in [0, 0.1) is 0 Å². The van der Waals surface area contributed by atoms with Crippen LogP contribution in [0.3, 0.4) is 0 Å². The van der Waals surface area contributed by atoms with E-state index in [4.69, 9.17) is 9.84 Å². The number of urea groups is 1. The molecule has 0 aromatic carbocycles. The van der Waals surface area contributed by atoms with Crippen LogP contribution < -0.4 is 0 Å². The Morgan fingerprint density at radius 1 is 1.30 bits per heavy atom. The van der Waals surface area contributed by atoms with Gasteiger partial charge in [-0.2, -0.15) is 0 Å². The number of carbonyl (C=O) groups is 2. The molecule has 7 heteroatoms. The van der Waals surface area contributed by atoms with Gasteiger partial charge < -0.3 is 24.7 Å². The van der Waals surface area contributed by atoms with Crippen molar-refractivity contribution in [3.63, 3.8) is 0 Å². The minimum atomic E-state index is -0.929. The van der Waals surface area contributed by atoms with Crippen molar-refractivity contribution in [3.05, 3.63) is 0 Å². The zero-order valence-electron chi connectivity index (χ0n) is 12.2. The molecule has 2 amide bonds. The Labute approximate surface area is 119 Å². The number of hydrogen-bond donors (Lipinski definition) is 2. The second-order valence-corrected chi connectivity index (χ2v) is 5.20. The molecule has 2 N–H and O–H groups in total. The van der Waals surface area contributed by atoms with E-state index in [1.807, 2.05) is 0 Å². The van der Waals surface area contributed by atoms with Gasteiger partial charge in [0.25, 0.3) is 0 Å². The molecule has 1 heterocycles. The van der Waals surface area contributed by atoms with E-state index in [9.17, 15) is 14.7 Å². The lowest BCUT2D eigenvalue weighted by molar-refractivity contribution is -0.137. The lowest BCUT2D eigenvalue weighted by Crippen LogP contribution is -2.51. The van der Waals surface area contributed by atoms with Crippen LogP contribution in [0.2, 0.25) is 0 Å². The Hall–Kier alpha value is -1.34. The summed E-state index contributed by atoms with van der Waals surface area (Å²) in [6.45, 7) is 3.65. The van der Waals surface area contributed by atoms with E-state index in [-0.39, 0.29) is 25.5 Å². The number of aliphatic hydroxyl groups is 1. The predicted octanol–water partition coefficient (Wildman–Crippen LogP) is 0.376. The first-order chi connectivity index (χ1) is 9.38. The molecule has 1 rings (SSSR count). The average molecular weight is 288 g/mol. The number of rotatable bonds is 6. The molecular formula is C13H24N2O5. The van der Waals surface area contributed by atoms with Crippen LogP contribution in [-0.2, 0) is 9.53 Å². The van der Waals surface area contributed by atoms with E-state index < -0.39 is 11.6 Å². The van der Waals surface area contributed by atoms with Gasteiger partial charge in [-0.25, -0.2) is 4.79 Å². The lowest BCUT2D eigenvalue weighted by Gasteiger charge is -2.37. The van der Waals surface area contributed by atoms with Gasteiger partial charge in [0, 0.05) is 46.2 Å². The topological polar surface area (TPSA) is 90.3 Å². The summed E-state index contributed by atoms with van der Waals surface area (Å²) < 4.78 is 5.20. The van der Waals surface area contributed by atoms with Crippen molar-refractivity contribution >= 4 is 12.0 Å². The number of hydrogen-bond acceptors (Lipinski definition) is 4. The minimum Gasteiger partial charge on any atom is -0.481 e. The van der Waals surface area contributed by atoms with Gasteiger partial charge in [0.2, 0.25) is 0 Å². The first-order valence-electron chi connectivity index (χ1n) is 6.90. The molecule has 1 aliphatic rings. The van der Waals surface area contributed by atoms with Gasteiger partial charge in [-0.05, 0) is 6.92 Å².